The molecule has 46 heavy (non-hydrogen) atoms. The minimum absolute atomic E-state index is 0.0849. The van der Waals surface area contributed by atoms with Gasteiger partial charge in [-0.05, 0) is 24.8 Å². The Kier molecular flexibility index (Phi) is 12.0. The first kappa shape index (κ1) is 35.9. The molecule has 1 aromatic rings. The highest BCUT2D eigenvalue weighted by molar-refractivity contribution is 5.20. The summed E-state index contributed by atoms with van der Waals surface area (Å²) in [4.78, 5) is 0. The van der Waals surface area contributed by atoms with Gasteiger partial charge in [-0.2, -0.15) is 0 Å². The zero-order chi connectivity index (χ0) is 33.3. The molecule has 1 aliphatic carbocycles. The SMILES string of the molecule is CC1C(OC2C(CO)OC(OC3C(O)C(N)CC(N)C3OC3OC(C(N)c4ccccc4)CCC3N)C2O)OC(CN)C(O)C1O. The first-order valence-corrected chi connectivity index (χ1v) is 16.0. The molecule has 4 aliphatic rings. The van der Waals surface area contributed by atoms with E-state index in [-0.39, 0.29) is 13.0 Å². The largest absolute Gasteiger partial charge is 0.394 e. The number of aliphatic hydroxyl groups excluding tert-OH is 5. The molecule has 3 saturated heterocycles. The Morgan fingerprint density at radius 2 is 1.39 bits per heavy atom. The van der Waals surface area contributed by atoms with Crippen molar-refractivity contribution in [3.8, 4) is 0 Å². The van der Waals surface area contributed by atoms with Gasteiger partial charge >= 0.3 is 0 Å². The summed E-state index contributed by atoms with van der Waals surface area (Å²) in [5.41, 5.74) is 32.2. The average molecular weight is 658 g/mol. The van der Waals surface area contributed by atoms with Crippen LogP contribution in [-0.2, 0) is 28.4 Å². The lowest BCUT2D eigenvalue weighted by Gasteiger charge is -2.46. The summed E-state index contributed by atoms with van der Waals surface area (Å²) in [7, 11) is 0. The van der Waals surface area contributed by atoms with Crippen LogP contribution in [-0.4, -0.2) is 137 Å². The van der Waals surface area contributed by atoms with E-state index in [1.165, 1.54) is 0 Å². The molecule has 0 bridgehead atoms. The molecule has 262 valence electrons. The first-order valence-electron chi connectivity index (χ1n) is 16.0. The summed E-state index contributed by atoms with van der Waals surface area (Å²) in [6.07, 6.45) is -13.0. The Morgan fingerprint density at radius 1 is 0.739 bits per heavy atom. The van der Waals surface area contributed by atoms with Crippen LogP contribution >= 0.6 is 0 Å². The molecule has 5 rings (SSSR count). The lowest BCUT2D eigenvalue weighted by atomic mass is 9.84. The molecular formula is C30H51N5O11. The second-order valence-corrected chi connectivity index (χ2v) is 12.9. The third-order valence-corrected chi connectivity index (χ3v) is 9.68. The van der Waals surface area contributed by atoms with Crippen LogP contribution in [0.3, 0.4) is 0 Å². The molecule has 3 heterocycles. The third-order valence-electron chi connectivity index (χ3n) is 9.68. The van der Waals surface area contributed by atoms with Gasteiger partial charge in [-0.3, -0.25) is 0 Å². The number of benzene rings is 1. The van der Waals surface area contributed by atoms with Crippen molar-refractivity contribution >= 4 is 0 Å². The summed E-state index contributed by atoms with van der Waals surface area (Å²) in [6, 6.07) is 7.10. The summed E-state index contributed by atoms with van der Waals surface area (Å²) >= 11 is 0. The van der Waals surface area contributed by atoms with Crippen LogP contribution in [0.1, 0.15) is 37.8 Å². The molecular weight excluding hydrogens is 606 g/mol. The van der Waals surface area contributed by atoms with E-state index >= 15 is 0 Å². The number of nitrogens with two attached hydrogens (primary N) is 5. The maximum Gasteiger partial charge on any atom is 0.187 e. The third kappa shape index (κ3) is 7.42. The predicted molar refractivity (Wildman–Crippen MR) is 161 cm³/mol. The van der Waals surface area contributed by atoms with E-state index < -0.39 is 117 Å². The molecule has 15 N–H and O–H groups in total. The molecule has 18 unspecified atom stereocenters. The predicted octanol–water partition coefficient (Wildman–Crippen LogP) is -3.79. The van der Waals surface area contributed by atoms with E-state index in [2.05, 4.69) is 0 Å². The van der Waals surface area contributed by atoms with Crippen LogP contribution < -0.4 is 28.7 Å². The number of rotatable bonds is 10. The van der Waals surface area contributed by atoms with Crippen molar-refractivity contribution in [3.05, 3.63) is 35.9 Å². The van der Waals surface area contributed by atoms with Gasteiger partial charge in [0.1, 0.15) is 42.7 Å². The number of hydrogen-bond donors (Lipinski definition) is 10. The van der Waals surface area contributed by atoms with Crippen molar-refractivity contribution in [3.63, 3.8) is 0 Å². The van der Waals surface area contributed by atoms with E-state index in [0.29, 0.717) is 12.8 Å². The van der Waals surface area contributed by atoms with Crippen molar-refractivity contribution in [2.75, 3.05) is 13.2 Å². The molecule has 1 aromatic carbocycles. The Hall–Kier alpha value is -1.42. The zero-order valence-electron chi connectivity index (χ0n) is 25.9. The quantitative estimate of drug-likeness (QED) is 0.115. The molecule has 16 nitrogen and oxygen atoms in total. The topological polar surface area (TPSA) is 287 Å². The van der Waals surface area contributed by atoms with E-state index in [1.54, 1.807) is 6.92 Å². The van der Waals surface area contributed by atoms with Crippen LogP contribution in [0.15, 0.2) is 30.3 Å². The highest BCUT2D eigenvalue weighted by Crippen LogP contribution is 2.36. The molecule has 4 fully saturated rings. The second kappa shape index (κ2) is 15.4. The highest BCUT2D eigenvalue weighted by atomic mass is 16.8. The lowest BCUT2D eigenvalue weighted by molar-refractivity contribution is -0.297. The lowest BCUT2D eigenvalue weighted by Crippen LogP contribution is -2.65. The number of aliphatic hydroxyl groups is 5. The summed E-state index contributed by atoms with van der Waals surface area (Å²) < 4.78 is 36.3. The van der Waals surface area contributed by atoms with Gasteiger partial charge in [-0.1, -0.05) is 37.3 Å². The minimum Gasteiger partial charge on any atom is -0.394 e. The summed E-state index contributed by atoms with van der Waals surface area (Å²) in [6.45, 7) is 0.959. The van der Waals surface area contributed by atoms with E-state index in [9.17, 15) is 25.5 Å². The summed E-state index contributed by atoms with van der Waals surface area (Å²) in [5.74, 6) is -0.711. The normalized spacial score (nSPS) is 47.5. The van der Waals surface area contributed by atoms with Gasteiger partial charge in [0.05, 0.1) is 37.0 Å². The molecule has 18 atom stereocenters. The Labute approximate surface area is 268 Å². The Balaban J connectivity index is 1.29. The van der Waals surface area contributed by atoms with Gasteiger partial charge in [0.2, 0.25) is 0 Å². The minimum atomic E-state index is -1.49. The fourth-order valence-corrected chi connectivity index (χ4v) is 6.74. The average Bonchev–Trinajstić information content (AvgIpc) is 3.35. The smallest absolute Gasteiger partial charge is 0.187 e. The molecule has 0 spiro atoms. The summed E-state index contributed by atoms with van der Waals surface area (Å²) in [5, 5.41) is 53.3. The van der Waals surface area contributed by atoms with Gasteiger partial charge in [0.15, 0.2) is 18.9 Å². The van der Waals surface area contributed by atoms with E-state index in [1.807, 2.05) is 30.3 Å². The molecule has 0 radical (unpaired) electrons. The van der Waals surface area contributed by atoms with Gasteiger partial charge < -0.3 is 82.6 Å². The second-order valence-electron chi connectivity index (χ2n) is 12.9. The Morgan fingerprint density at radius 3 is 2.07 bits per heavy atom. The maximum absolute atomic E-state index is 11.3. The monoisotopic (exact) mass is 657 g/mol. The number of ether oxygens (including phenoxy) is 6. The van der Waals surface area contributed by atoms with Crippen molar-refractivity contribution in [2.24, 2.45) is 34.6 Å². The maximum atomic E-state index is 11.3. The van der Waals surface area contributed by atoms with Crippen molar-refractivity contribution < 1.29 is 54.0 Å². The van der Waals surface area contributed by atoms with Gasteiger partial charge in [0.25, 0.3) is 0 Å². The molecule has 16 heteroatoms. The van der Waals surface area contributed by atoms with Crippen LogP contribution in [0, 0.1) is 5.92 Å². The zero-order valence-corrected chi connectivity index (χ0v) is 25.9. The van der Waals surface area contributed by atoms with Gasteiger partial charge in [-0.25, -0.2) is 0 Å². The fourth-order valence-electron chi connectivity index (χ4n) is 6.74. The van der Waals surface area contributed by atoms with E-state index in [0.717, 1.165) is 5.56 Å². The van der Waals surface area contributed by atoms with E-state index in [4.69, 9.17) is 57.1 Å². The van der Waals surface area contributed by atoms with Gasteiger partial charge in [0, 0.05) is 24.5 Å². The highest BCUT2D eigenvalue weighted by Gasteiger charge is 2.53. The Bertz CT molecular complexity index is 1100. The number of hydrogen-bond acceptors (Lipinski definition) is 16. The first-order chi connectivity index (χ1) is 21.9. The van der Waals surface area contributed by atoms with Crippen molar-refractivity contribution in [2.45, 2.75) is 130 Å². The van der Waals surface area contributed by atoms with Crippen LogP contribution in [0.5, 0.6) is 0 Å². The van der Waals surface area contributed by atoms with Crippen LogP contribution in [0.4, 0.5) is 0 Å². The standard InChI is InChI=1S/C30H51N5O11/c1-12-21(37)23(39)18(10-31)42-28(12)45-26-19(11-36)43-30(24(26)40)46-27-22(38)15(33)9-16(34)25(27)44-29-14(32)7-8-17(41-29)20(35)13-5-3-2-4-6-13/h2-6,12,14-30,36-40H,7-11,31-35H2,1H3. The van der Waals surface area contributed by atoms with Gasteiger partial charge in [-0.15, -0.1) is 0 Å². The van der Waals surface area contributed by atoms with Crippen molar-refractivity contribution in [1.82, 2.24) is 0 Å². The van der Waals surface area contributed by atoms with Crippen molar-refractivity contribution in [1.29, 1.82) is 0 Å². The molecule has 0 aromatic heterocycles. The molecule has 3 aliphatic heterocycles. The molecule has 0 amide bonds. The fraction of sp³-hybridized carbons (Fsp3) is 0.800. The van der Waals surface area contributed by atoms with Crippen LogP contribution in [0.25, 0.3) is 0 Å². The van der Waals surface area contributed by atoms with Crippen LogP contribution in [0.2, 0.25) is 0 Å². The molecule has 1 saturated carbocycles.